The zero-order valence-electron chi connectivity index (χ0n) is 10.9. The van der Waals surface area contributed by atoms with Gasteiger partial charge in [0.2, 0.25) is 0 Å². The summed E-state index contributed by atoms with van der Waals surface area (Å²) in [5.41, 5.74) is 0. The normalized spacial score (nSPS) is 16.1. The number of aldehydes is 1. The first-order chi connectivity index (χ1) is 7.09. The molecule has 0 radical (unpaired) electrons. The van der Waals surface area contributed by atoms with Crippen LogP contribution in [0.15, 0.2) is 0 Å². The van der Waals surface area contributed by atoms with Gasteiger partial charge in [-0.1, -0.05) is 34.6 Å². The van der Waals surface area contributed by atoms with E-state index < -0.39 is 8.32 Å². The number of carbonyl (C=O) groups excluding carboxylic acids is 1. The van der Waals surface area contributed by atoms with Crippen molar-refractivity contribution in [3.63, 3.8) is 0 Å². The first-order valence-corrected chi connectivity index (χ1v) is 8.75. The first-order valence-electron chi connectivity index (χ1n) is 6.22. The molecule has 15 heavy (non-hydrogen) atoms. The lowest BCUT2D eigenvalue weighted by Gasteiger charge is -2.34. The van der Waals surface area contributed by atoms with Gasteiger partial charge >= 0.3 is 0 Å². The maximum Gasteiger partial charge on any atom is 0.192 e. The molecule has 90 valence electrons. The average Bonchev–Trinajstić information content (AvgIpc) is 2.31. The standard InChI is InChI=1S/C12H26O2Si/c1-6-12(11(5)10-13)14-15(7-2,8-3)9-4/h10-12H,6-9H2,1-5H3/t11-,12-/m0/s1. The van der Waals surface area contributed by atoms with Crippen LogP contribution in [0, 0.1) is 5.92 Å². The van der Waals surface area contributed by atoms with Crippen LogP contribution in [0.1, 0.15) is 41.0 Å². The van der Waals surface area contributed by atoms with E-state index in [-0.39, 0.29) is 12.0 Å². The molecule has 2 nitrogen and oxygen atoms in total. The van der Waals surface area contributed by atoms with E-state index in [1.807, 2.05) is 6.92 Å². The quantitative estimate of drug-likeness (QED) is 0.470. The van der Waals surface area contributed by atoms with Gasteiger partial charge < -0.3 is 9.22 Å². The van der Waals surface area contributed by atoms with Crippen molar-refractivity contribution in [1.29, 1.82) is 0 Å². The lowest BCUT2D eigenvalue weighted by molar-refractivity contribution is -0.113. The molecule has 0 saturated heterocycles. The molecule has 0 aliphatic rings. The Morgan fingerprint density at radius 2 is 1.60 bits per heavy atom. The van der Waals surface area contributed by atoms with Gasteiger partial charge in [0.25, 0.3) is 0 Å². The second-order valence-corrected chi connectivity index (χ2v) is 9.03. The third-order valence-electron chi connectivity index (χ3n) is 3.54. The highest BCUT2D eigenvalue weighted by molar-refractivity contribution is 6.73. The van der Waals surface area contributed by atoms with Crippen molar-refractivity contribution < 1.29 is 9.22 Å². The zero-order chi connectivity index (χ0) is 11.9. The second-order valence-electron chi connectivity index (χ2n) is 4.30. The molecular formula is C12H26O2Si. The van der Waals surface area contributed by atoms with Gasteiger partial charge in [-0.15, -0.1) is 0 Å². The van der Waals surface area contributed by atoms with Crippen LogP contribution in [0.5, 0.6) is 0 Å². The predicted octanol–water partition coefficient (Wildman–Crippen LogP) is 3.62. The van der Waals surface area contributed by atoms with Gasteiger partial charge in [0.15, 0.2) is 8.32 Å². The fourth-order valence-corrected chi connectivity index (χ4v) is 4.99. The molecule has 0 unspecified atom stereocenters. The lowest BCUT2D eigenvalue weighted by Crippen LogP contribution is -2.42. The molecule has 0 rings (SSSR count). The lowest BCUT2D eigenvalue weighted by atomic mass is 10.1. The van der Waals surface area contributed by atoms with E-state index >= 15 is 0 Å². The zero-order valence-corrected chi connectivity index (χ0v) is 11.9. The molecule has 3 heteroatoms. The van der Waals surface area contributed by atoms with E-state index in [1.165, 1.54) is 0 Å². The van der Waals surface area contributed by atoms with E-state index in [0.29, 0.717) is 0 Å². The highest BCUT2D eigenvalue weighted by Gasteiger charge is 2.32. The maximum absolute atomic E-state index is 10.8. The van der Waals surface area contributed by atoms with E-state index in [4.69, 9.17) is 4.43 Å². The van der Waals surface area contributed by atoms with Crippen molar-refractivity contribution in [3.8, 4) is 0 Å². The number of hydrogen-bond acceptors (Lipinski definition) is 2. The molecule has 0 aromatic heterocycles. The number of carbonyl (C=O) groups is 1. The minimum atomic E-state index is -1.54. The number of rotatable bonds is 8. The molecule has 0 fully saturated rings. The Bertz CT molecular complexity index is 170. The highest BCUT2D eigenvalue weighted by Crippen LogP contribution is 2.26. The van der Waals surface area contributed by atoms with Crippen LogP contribution in [-0.4, -0.2) is 20.7 Å². The average molecular weight is 230 g/mol. The predicted molar refractivity (Wildman–Crippen MR) is 67.6 cm³/mol. The summed E-state index contributed by atoms with van der Waals surface area (Å²) in [6.07, 6.45) is 2.09. The maximum atomic E-state index is 10.8. The summed E-state index contributed by atoms with van der Waals surface area (Å²) in [6.45, 7) is 10.7. The van der Waals surface area contributed by atoms with Gasteiger partial charge in [-0.05, 0) is 24.6 Å². The smallest absolute Gasteiger partial charge is 0.192 e. The summed E-state index contributed by atoms with van der Waals surface area (Å²) in [7, 11) is -1.54. The monoisotopic (exact) mass is 230 g/mol. The minimum Gasteiger partial charge on any atom is -0.413 e. The van der Waals surface area contributed by atoms with Gasteiger partial charge in [-0.3, -0.25) is 0 Å². The van der Waals surface area contributed by atoms with E-state index in [2.05, 4.69) is 27.7 Å². The largest absolute Gasteiger partial charge is 0.413 e. The van der Waals surface area contributed by atoms with Crippen LogP contribution in [0.2, 0.25) is 18.1 Å². The van der Waals surface area contributed by atoms with Crippen LogP contribution >= 0.6 is 0 Å². The fraction of sp³-hybridized carbons (Fsp3) is 0.917. The molecule has 0 aliphatic carbocycles. The van der Waals surface area contributed by atoms with Gasteiger partial charge in [-0.25, -0.2) is 0 Å². The molecule has 0 saturated carbocycles. The summed E-state index contributed by atoms with van der Waals surface area (Å²) < 4.78 is 6.30. The van der Waals surface area contributed by atoms with Gasteiger partial charge in [-0.2, -0.15) is 0 Å². The first kappa shape index (κ1) is 14.8. The van der Waals surface area contributed by atoms with Gasteiger partial charge in [0.1, 0.15) is 6.29 Å². The summed E-state index contributed by atoms with van der Waals surface area (Å²) in [5.74, 6) is 0.0338. The molecule has 0 amide bonds. The van der Waals surface area contributed by atoms with Crippen molar-refractivity contribution in [2.24, 2.45) is 5.92 Å². The van der Waals surface area contributed by atoms with Crippen molar-refractivity contribution in [2.45, 2.75) is 65.3 Å². The molecule has 2 atom stereocenters. The molecule has 0 heterocycles. The highest BCUT2D eigenvalue weighted by atomic mass is 28.4. The summed E-state index contributed by atoms with van der Waals surface area (Å²) in [6, 6.07) is 3.46. The molecular weight excluding hydrogens is 204 g/mol. The molecule has 0 N–H and O–H groups in total. The fourth-order valence-electron chi connectivity index (χ4n) is 1.97. The van der Waals surface area contributed by atoms with Crippen LogP contribution in [-0.2, 0) is 9.22 Å². The Kier molecular flexibility index (Phi) is 7.10. The van der Waals surface area contributed by atoms with E-state index in [9.17, 15) is 4.79 Å². The van der Waals surface area contributed by atoms with Gasteiger partial charge in [0.05, 0.1) is 6.10 Å². The van der Waals surface area contributed by atoms with Crippen LogP contribution < -0.4 is 0 Å². The molecule has 0 bridgehead atoms. The van der Waals surface area contributed by atoms with E-state index in [0.717, 1.165) is 30.8 Å². The summed E-state index contributed by atoms with van der Waals surface area (Å²) >= 11 is 0. The molecule has 0 aliphatic heterocycles. The van der Waals surface area contributed by atoms with Crippen molar-refractivity contribution in [3.05, 3.63) is 0 Å². The van der Waals surface area contributed by atoms with E-state index in [1.54, 1.807) is 0 Å². The number of hydrogen-bond donors (Lipinski definition) is 0. The van der Waals surface area contributed by atoms with Crippen molar-refractivity contribution in [1.82, 2.24) is 0 Å². The Hall–Kier alpha value is -0.153. The SMILES string of the molecule is CC[C@H](O[Si](CC)(CC)CC)[C@@H](C)C=O. The van der Waals surface area contributed by atoms with Crippen LogP contribution in [0.3, 0.4) is 0 Å². The third kappa shape index (κ3) is 4.07. The molecule has 0 aromatic carbocycles. The Morgan fingerprint density at radius 1 is 1.13 bits per heavy atom. The van der Waals surface area contributed by atoms with Crippen LogP contribution in [0.4, 0.5) is 0 Å². The van der Waals surface area contributed by atoms with Crippen molar-refractivity contribution >= 4 is 14.6 Å². The molecule has 0 aromatic rings. The topological polar surface area (TPSA) is 26.3 Å². The van der Waals surface area contributed by atoms with Crippen molar-refractivity contribution in [2.75, 3.05) is 0 Å². The Labute approximate surface area is 95.5 Å². The Balaban J connectivity index is 4.54. The minimum absolute atomic E-state index is 0.0338. The van der Waals surface area contributed by atoms with Gasteiger partial charge in [0, 0.05) is 5.92 Å². The molecule has 0 spiro atoms. The second kappa shape index (κ2) is 7.18. The Morgan fingerprint density at radius 3 is 1.87 bits per heavy atom. The summed E-state index contributed by atoms with van der Waals surface area (Å²) in [5, 5.41) is 0. The van der Waals surface area contributed by atoms with Crippen LogP contribution in [0.25, 0.3) is 0 Å². The summed E-state index contributed by atoms with van der Waals surface area (Å²) in [4.78, 5) is 10.8. The third-order valence-corrected chi connectivity index (χ3v) is 8.21.